The first-order valence-electron chi connectivity index (χ1n) is 5.74. The first kappa shape index (κ1) is 13.6. The topological polar surface area (TPSA) is 85.8 Å². The second-order valence-corrected chi connectivity index (χ2v) is 5.10. The molecule has 1 aromatic rings. The van der Waals surface area contributed by atoms with Gasteiger partial charge in [0.1, 0.15) is 12.2 Å². The number of rotatable bonds is 6. The highest BCUT2D eigenvalue weighted by Crippen LogP contribution is 2.05. The van der Waals surface area contributed by atoms with Gasteiger partial charge in [0, 0.05) is 6.54 Å². The molecule has 0 unspecified atom stereocenters. The summed E-state index contributed by atoms with van der Waals surface area (Å²) in [6.07, 6.45) is 1.52. The molecule has 6 nitrogen and oxygen atoms in total. The highest BCUT2D eigenvalue weighted by Gasteiger charge is 2.24. The van der Waals surface area contributed by atoms with E-state index in [1.807, 2.05) is 4.68 Å². The number of nitrogens with zero attached hydrogens (tertiary/aromatic N) is 3. The Balaban J connectivity index is 2.64. The summed E-state index contributed by atoms with van der Waals surface area (Å²) in [6.45, 7) is 9.02. The molecular weight excluding hydrogens is 218 g/mol. The quantitative estimate of drug-likeness (QED) is 0.747. The molecule has 3 N–H and O–H groups in total. The average molecular weight is 239 g/mol. The molecule has 0 aliphatic carbocycles. The molecular formula is C11H21N5O. The number of amides is 1. The molecule has 0 aliphatic rings. The van der Waals surface area contributed by atoms with Crippen LogP contribution in [0.4, 0.5) is 0 Å². The van der Waals surface area contributed by atoms with Crippen molar-refractivity contribution in [3.63, 3.8) is 0 Å². The van der Waals surface area contributed by atoms with Crippen LogP contribution in [-0.2, 0) is 17.9 Å². The molecule has 1 heterocycles. The maximum Gasteiger partial charge on any atom is 0.237 e. The summed E-state index contributed by atoms with van der Waals surface area (Å²) in [5.41, 5.74) is 4.54. The van der Waals surface area contributed by atoms with E-state index in [1.54, 1.807) is 13.8 Å². The second kappa shape index (κ2) is 5.27. The highest BCUT2D eigenvalue weighted by atomic mass is 16.1. The summed E-state index contributed by atoms with van der Waals surface area (Å²) in [5.74, 6) is 0.931. The molecule has 1 aromatic heterocycles. The number of aromatic nitrogens is 3. The lowest BCUT2D eigenvalue weighted by Gasteiger charge is -2.22. The van der Waals surface area contributed by atoms with E-state index in [0.717, 1.165) is 12.4 Å². The Morgan fingerprint density at radius 2 is 2.24 bits per heavy atom. The lowest BCUT2D eigenvalue weighted by molar-refractivity contribution is -0.123. The van der Waals surface area contributed by atoms with Gasteiger partial charge in [0.2, 0.25) is 5.91 Å². The number of primary amides is 1. The van der Waals surface area contributed by atoms with E-state index < -0.39 is 5.54 Å². The SMILES string of the molecule is CC(C)Cn1ncnc1CNC(C)(C)C(N)=O. The highest BCUT2D eigenvalue weighted by molar-refractivity contribution is 5.83. The summed E-state index contributed by atoms with van der Waals surface area (Å²) in [5, 5.41) is 7.23. The van der Waals surface area contributed by atoms with Crippen LogP contribution >= 0.6 is 0 Å². The van der Waals surface area contributed by atoms with E-state index in [-0.39, 0.29) is 5.91 Å². The van der Waals surface area contributed by atoms with Crippen molar-refractivity contribution in [2.45, 2.75) is 46.3 Å². The van der Waals surface area contributed by atoms with Crippen LogP contribution in [0, 0.1) is 5.92 Å². The molecule has 96 valence electrons. The summed E-state index contributed by atoms with van der Waals surface area (Å²) >= 11 is 0. The fourth-order valence-electron chi connectivity index (χ4n) is 1.31. The molecule has 0 atom stereocenters. The van der Waals surface area contributed by atoms with Gasteiger partial charge in [-0.15, -0.1) is 0 Å². The van der Waals surface area contributed by atoms with Crippen LogP contribution in [0.1, 0.15) is 33.5 Å². The summed E-state index contributed by atoms with van der Waals surface area (Å²) < 4.78 is 1.84. The maximum atomic E-state index is 11.2. The van der Waals surface area contributed by atoms with Crippen molar-refractivity contribution >= 4 is 5.91 Å². The monoisotopic (exact) mass is 239 g/mol. The lowest BCUT2D eigenvalue weighted by Crippen LogP contribution is -2.50. The fraction of sp³-hybridized carbons (Fsp3) is 0.727. The van der Waals surface area contributed by atoms with E-state index >= 15 is 0 Å². The van der Waals surface area contributed by atoms with E-state index in [1.165, 1.54) is 6.33 Å². The zero-order valence-electron chi connectivity index (χ0n) is 10.9. The van der Waals surface area contributed by atoms with Crippen molar-refractivity contribution in [3.05, 3.63) is 12.2 Å². The number of nitrogens with two attached hydrogens (primary N) is 1. The molecule has 0 bridgehead atoms. The Morgan fingerprint density at radius 3 is 2.76 bits per heavy atom. The first-order chi connectivity index (χ1) is 7.83. The van der Waals surface area contributed by atoms with Gasteiger partial charge in [-0.2, -0.15) is 5.10 Å². The molecule has 0 saturated carbocycles. The number of hydrogen-bond acceptors (Lipinski definition) is 4. The minimum Gasteiger partial charge on any atom is -0.368 e. The van der Waals surface area contributed by atoms with E-state index in [9.17, 15) is 4.79 Å². The molecule has 1 rings (SSSR count). The van der Waals surface area contributed by atoms with Crippen LogP contribution in [-0.4, -0.2) is 26.2 Å². The number of carbonyl (C=O) groups is 1. The van der Waals surface area contributed by atoms with Crippen LogP contribution in [0.5, 0.6) is 0 Å². The summed E-state index contributed by atoms with van der Waals surface area (Å²) in [6, 6.07) is 0. The van der Waals surface area contributed by atoms with Crippen LogP contribution < -0.4 is 11.1 Å². The van der Waals surface area contributed by atoms with Gasteiger partial charge in [-0.1, -0.05) is 13.8 Å². The predicted octanol–water partition coefficient (Wildman–Crippen LogP) is 0.288. The Morgan fingerprint density at radius 1 is 1.59 bits per heavy atom. The average Bonchev–Trinajstić information content (AvgIpc) is 2.61. The Hall–Kier alpha value is -1.43. The van der Waals surface area contributed by atoms with Crippen molar-refractivity contribution in [2.24, 2.45) is 11.7 Å². The third-order valence-electron chi connectivity index (χ3n) is 2.54. The Bertz CT molecular complexity index is 383. The van der Waals surface area contributed by atoms with Gasteiger partial charge in [-0.25, -0.2) is 9.67 Å². The summed E-state index contributed by atoms with van der Waals surface area (Å²) in [7, 11) is 0. The van der Waals surface area contributed by atoms with E-state index in [2.05, 4.69) is 29.2 Å². The van der Waals surface area contributed by atoms with Gasteiger partial charge < -0.3 is 5.73 Å². The van der Waals surface area contributed by atoms with Gasteiger partial charge in [0.15, 0.2) is 0 Å². The zero-order chi connectivity index (χ0) is 13.1. The predicted molar refractivity (Wildman–Crippen MR) is 65.0 cm³/mol. The van der Waals surface area contributed by atoms with Crippen molar-refractivity contribution in [1.82, 2.24) is 20.1 Å². The van der Waals surface area contributed by atoms with Crippen molar-refractivity contribution in [2.75, 3.05) is 0 Å². The van der Waals surface area contributed by atoms with Crippen molar-refractivity contribution in [1.29, 1.82) is 0 Å². The second-order valence-electron chi connectivity index (χ2n) is 5.10. The first-order valence-corrected chi connectivity index (χ1v) is 5.74. The molecule has 6 heteroatoms. The molecule has 0 fully saturated rings. The van der Waals surface area contributed by atoms with Gasteiger partial charge in [-0.3, -0.25) is 10.1 Å². The van der Waals surface area contributed by atoms with Gasteiger partial charge in [-0.05, 0) is 19.8 Å². The Kier molecular flexibility index (Phi) is 4.22. The van der Waals surface area contributed by atoms with Gasteiger partial charge in [0.05, 0.1) is 12.1 Å². The Labute approximate surface area is 102 Å². The van der Waals surface area contributed by atoms with Gasteiger partial charge >= 0.3 is 0 Å². The molecule has 0 aliphatic heterocycles. The molecule has 0 spiro atoms. The van der Waals surface area contributed by atoms with Crippen molar-refractivity contribution in [3.8, 4) is 0 Å². The number of hydrogen-bond donors (Lipinski definition) is 2. The van der Waals surface area contributed by atoms with E-state index in [0.29, 0.717) is 12.5 Å². The van der Waals surface area contributed by atoms with Gasteiger partial charge in [0.25, 0.3) is 0 Å². The maximum absolute atomic E-state index is 11.2. The van der Waals surface area contributed by atoms with E-state index in [4.69, 9.17) is 5.73 Å². The zero-order valence-corrected chi connectivity index (χ0v) is 10.9. The molecule has 0 radical (unpaired) electrons. The third-order valence-corrected chi connectivity index (χ3v) is 2.54. The minimum atomic E-state index is -0.741. The van der Waals surface area contributed by atoms with Crippen molar-refractivity contribution < 1.29 is 4.79 Å². The normalized spacial score (nSPS) is 12.1. The number of nitrogens with one attached hydrogen (secondary N) is 1. The smallest absolute Gasteiger partial charge is 0.237 e. The third kappa shape index (κ3) is 3.81. The molecule has 1 amide bonds. The molecule has 17 heavy (non-hydrogen) atoms. The standard InChI is InChI=1S/C11H21N5O/c1-8(2)6-16-9(13-7-15-16)5-14-11(3,4)10(12)17/h7-8,14H,5-6H2,1-4H3,(H2,12,17). The van der Waals surface area contributed by atoms with Crippen LogP contribution in [0.2, 0.25) is 0 Å². The molecule has 0 aromatic carbocycles. The largest absolute Gasteiger partial charge is 0.368 e. The van der Waals surface area contributed by atoms with Crippen LogP contribution in [0.3, 0.4) is 0 Å². The minimum absolute atomic E-state index is 0.382. The van der Waals surface area contributed by atoms with Crippen LogP contribution in [0.25, 0.3) is 0 Å². The lowest BCUT2D eigenvalue weighted by atomic mass is 10.1. The molecule has 0 saturated heterocycles. The van der Waals surface area contributed by atoms with Crippen LogP contribution in [0.15, 0.2) is 6.33 Å². The fourth-order valence-corrected chi connectivity index (χ4v) is 1.31. The summed E-state index contributed by atoms with van der Waals surface area (Å²) in [4.78, 5) is 15.3. The number of carbonyl (C=O) groups excluding carboxylic acids is 1.